The SMILES string of the molecule is CC1=Cc2c(C(C)(C)C)ccc(C)c2[CH]1[Zr]([Cl])([Cl])[CH]1C(C)=Cc2c(C(C)(C)C)ccc(C)c21. The van der Waals surface area contributed by atoms with Crippen molar-refractivity contribution < 1.29 is 17.9 Å². The number of benzene rings is 2. The van der Waals surface area contributed by atoms with Crippen LogP contribution in [0.4, 0.5) is 0 Å². The maximum atomic E-state index is 7.76. The van der Waals surface area contributed by atoms with E-state index in [0.29, 0.717) is 0 Å². The van der Waals surface area contributed by atoms with Crippen molar-refractivity contribution in [2.24, 2.45) is 0 Å². The molecule has 2 unspecified atom stereocenters. The molecule has 0 fully saturated rings. The molecule has 0 aromatic heterocycles. The standard InChI is InChI=1S/2C15H19.2ClH.Zr/c2*1-10-8-12-11(2)6-7-14(13(12)9-10)15(3,4)5;;;/h2*6-9H,1-5H3;2*1H;/q;;;;+2/p-2. The number of hydrogen-bond acceptors (Lipinski definition) is 0. The van der Waals surface area contributed by atoms with E-state index in [1.54, 1.807) is 0 Å². The van der Waals surface area contributed by atoms with E-state index in [1.165, 1.54) is 55.7 Å². The van der Waals surface area contributed by atoms with Gasteiger partial charge in [0.2, 0.25) is 0 Å². The van der Waals surface area contributed by atoms with Gasteiger partial charge in [-0.05, 0) is 0 Å². The van der Waals surface area contributed by atoms with E-state index in [1.807, 2.05) is 0 Å². The molecule has 2 aliphatic carbocycles. The molecule has 33 heavy (non-hydrogen) atoms. The molecule has 2 atom stereocenters. The van der Waals surface area contributed by atoms with Crippen LogP contribution in [0.3, 0.4) is 0 Å². The van der Waals surface area contributed by atoms with Crippen LogP contribution in [-0.2, 0) is 28.7 Å². The van der Waals surface area contributed by atoms with Gasteiger partial charge in [-0.1, -0.05) is 0 Å². The molecule has 0 heterocycles. The molecule has 2 aromatic carbocycles. The van der Waals surface area contributed by atoms with E-state index >= 15 is 0 Å². The van der Waals surface area contributed by atoms with E-state index in [2.05, 4.69) is 106 Å². The average Bonchev–Trinajstić information content (AvgIpc) is 3.18. The molecule has 2 aromatic rings. The fourth-order valence-electron chi connectivity index (χ4n) is 6.11. The number of allylic oxidation sites excluding steroid dienone is 2. The quantitative estimate of drug-likeness (QED) is 0.343. The van der Waals surface area contributed by atoms with Gasteiger partial charge in [0.15, 0.2) is 0 Å². The fraction of sp³-hybridized carbons (Fsp3) is 0.467. The summed E-state index contributed by atoms with van der Waals surface area (Å²) >= 11 is -3.86. The zero-order valence-electron chi connectivity index (χ0n) is 21.9. The molecule has 3 heteroatoms. The van der Waals surface area contributed by atoms with Crippen molar-refractivity contribution in [2.75, 3.05) is 0 Å². The summed E-state index contributed by atoms with van der Waals surface area (Å²) in [5.41, 5.74) is 13.8. The van der Waals surface area contributed by atoms with Crippen molar-refractivity contribution in [1.82, 2.24) is 0 Å². The zero-order valence-corrected chi connectivity index (χ0v) is 25.8. The molecule has 4 rings (SSSR count). The summed E-state index contributed by atoms with van der Waals surface area (Å²) in [4.78, 5) is 0. The average molecular weight is 561 g/mol. The molecule has 2 aliphatic rings. The molecule has 0 amide bonds. The Morgan fingerprint density at radius 3 is 1.24 bits per heavy atom. The second kappa shape index (κ2) is 8.22. The van der Waals surface area contributed by atoms with E-state index in [4.69, 9.17) is 17.0 Å². The van der Waals surface area contributed by atoms with E-state index in [-0.39, 0.29) is 18.1 Å². The number of fused-ring (bicyclic) bond motifs is 2. The van der Waals surface area contributed by atoms with Gasteiger partial charge >= 0.3 is 214 Å². The topological polar surface area (TPSA) is 0 Å². The van der Waals surface area contributed by atoms with Crippen LogP contribution in [-0.4, -0.2) is 0 Å². The Kier molecular flexibility index (Phi) is 6.34. The molecule has 0 aliphatic heterocycles. The van der Waals surface area contributed by atoms with Crippen molar-refractivity contribution in [1.29, 1.82) is 0 Å². The maximum absolute atomic E-state index is 7.76. The summed E-state index contributed by atoms with van der Waals surface area (Å²) in [5, 5.41) is 0. The van der Waals surface area contributed by atoms with Gasteiger partial charge in [0.1, 0.15) is 0 Å². The predicted octanol–water partition coefficient (Wildman–Crippen LogP) is 9.98. The molecule has 0 bridgehead atoms. The van der Waals surface area contributed by atoms with Crippen LogP contribution in [0, 0.1) is 13.8 Å². The summed E-state index contributed by atoms with van der Waals surface area (Å²) in [6, 6.07) is 9.16. The minimum absolute atomic E-state index is 0.0776. The second-order valence-corrected chi connectivity index (χ2v) is 27.0. The molecular weight excluding hydrogens is 522 g/mol. The zero-order chi connectivity index (χ0) is 24.7. The Morgan fingerprint density at radius 1 is 0.606 bits per heavy atom. The first kappa shape index (κ1) is 25.5. The van der Waals surface area contributed by atoms with Gasteiger partial charge in [0.05, 0.1) is 0 Å². The summed E-state index contributed by atoms with van der Waals surface area (Å²) in [5.74, 6) is 0. The number of aryl methyl sites for hydroxylation is 2. The summed E-state index contributed by atoms with van der Waals surface area (Å²) < 4.78 is 0.328. The number of rotatable bonds is 2. The van der Waals surface area contributed by atoms with Gasteiger partial charge in [0.25, 0.3) is 0 Å². The fourth-order valence-corrected chi connectivity index (χ4v) is 20.8. The third-order valence-electron chi connectivity index (χ3n) is 7.63. The van der Waals surface area contributed by atoms with Gasteiger partial charge in [-0.15, -0.1) is 0 Å². The third-order valence-corrected chi connectivity index (χ3v) is 20.2. The third kappa shape index (κ3) is 4.09. The Hall–Kier alpha value is -0.617. The van der Waals surface area contributed by atoms with Crippen molar-refractivity contribution in [3.8, 4) is 0 Å². The van der Waals surface area contributed by atoms with Crippen molar-refractivity contribution >= 4 is 29.2 Å². The second-order valence-electron chi connectivity index (χ2n) is 12.3. The van der Waals surface area contributed by atoms with E-state index in [0.717, 1.165) is 0 Å². The Labute approximate surface area is 213 Å². The molecule has 0 saturated carbocycles. The van der Waals surface area contributed by atoms with Crippen molar-refractivity contribution in [3.63, 3.8) is 0 Å². The molecule has 0 saturated heterocycles. The monoisotopic (exact) mass is 558 g/mol. The number of halogens is 2. The predicted molar refractivity (Wildman–Crippen MR) is 144 cm³/mol. The first-order chi connectivity index (χ1) is 15.1. The summed E-state index contributed by atoms with van der Waals surface area (Å²) in [6.07, 6.45) is 4.77. The Balaban J connectivity index is 1.92. The van der Waals surface area contributed by atoms with Crippen LogP contribution in [0.1, 0.15) is 107 Å². The summed E-state index contributed by atoms with van der Waals surface area (Å²) in [7, 11) is 15.5. The number of hydrogen-bond donors (Lipinski definition) is 0. The van der Waals surface area contributed by atoms with E-state index < -0.39 is 17.9 Å². The Bertz CT molecular complexity index is 1110. The van der Waals surface area contributed by atoms with Crippen LogP contribution < -0.4 is 0 Å². The summed E-state index contributed by atoms with van der Waals surface area (Å²) in [6.45, 7) is 22.7. The Morgan fingerprint density at radius 2 is 0.939 bits per heavy atom. The first-order valence-corrected chi connectivity index (χ1v) is 21.3. The molecule has 0 spiro atoms. The van der Waals surface area contributed by atoms with Gasteiger partial charge < -0.3 is 0 Å². The molecule has 0 nitrogen and oxygen atoms in total. The van der Waals surface area contributed by atoms with E-state index in [9.17, 15) is 0 Å². The van der Waals surface area contributed by atoms with Gasteiger partial charge in [-0.2, -0.15) is 0 Å². The van der Waals surface area contributed by atoms with Gasteiger partial charge in [-0.25, -0.2) is 0 Å². The molecule has 0 radical (unpaired) electrons. The van der Waals surface area contributed by atoms with Gasteiger partial charge in [-0.3, -0.25) is 0 Å². The van der Waals surface area contributed by atoms with Crippen LogP contribution in [0.15, 0.2) is 35.4 Å². The normalized spacial score (nSPS) is 20.5. The van der Waals surface area contributed by atoms with Crippen molar-refractivity contribution in [3.05, 3.63) is 79.9 Å². The van der Waals surface area contributed by atoms with Crippen LogP contribution in [0.25, 0.3) is 12.2 Å². The van der Waals surface area contributed by atoms with Crippen LogP contribution in [0.2, 0.25) is 0 Å². The molecular formula is C30H38Cl2Zr. The van der Waals surface area contributed by atoms with Gasteiger partial charge in [0, 0.05) is 0 Å². The van der Waals surface area contributed by atoms with Crippen LogP contribution in [0.5, 0.6) is 0 Å². The van der Waals surface area contributed by atoms with Crippen LogP contribution >= 0.6 is 17.0 Å². The first-order valence-electron chi connectivity index (χ1n) is 12.1. The van der Waals surface area contributed by atoms with Crippen molar-refractivity contribution in [2.45, 2.75) is 87.3 Å². The molecule has 0 N–H and O–H groups in total. The minimum atomic E-state index is -3.86. The molecule has 176 valence electrons.